The van der Waals surface area contributed by atoms with Crippen LogP contribution in [0.15, 0.2) is 106 Å². The Balaban J connectivity index is 1.43. The molecular formula is C29H27Cl2N3O5S3. The van der Waals surface area contributed by atoms with Crippen molar-refractivity contribution >= 4 is 66.6 Å². The lowest BCUT2D eigenvalue weighted by molar-refractivity contribution is -0.128. The van der Waals surface area contributed by atoms with Crippen LogP contribution in [0.3, 0.4) is 0 Å². The second kappa shape index (κ2) is 12.8. The molecule has 8 nitrogen and oxygen atoms in total. The van der Waals surface area contributed by atoms with E-state index in [-0.39, 0.29) is 31.4 Å². The van der Waals surface area contributed by atoms with Crippen molar-refractivity contribution in [1.29, 1.82) is 0 Å². The Labute approximate surface area is 260 Å². The van der Waals surface area contributed by atoms with Gasteiger partial charge in [0.25, 0.3) is 26.0 Å². The lowest BCUT2D eigenvalue weighted by Crippen LogP contribution is -2.48. The van der Waals surface area contributed by atoms with E-state index in [2.05, 4.69) is 4.90 Å². The highest BCUT2D eigenvalue weighted by molar-refractivity contribution is 8.10. The molecule has 3 aromatic rings. The molecule has 0 bridgehead atoms. The van der Waals surface area contributed by atoms with Crippen LogP contribution >= 0.6 is 35.0 Å². The third-order valence-corrected chi connectivity index (χ3v) is 12.7. The van der Waals surface area contributed by atoms with Crippen LogP contribution in [0.5, 0.6) is 0 Å². The lowest BCUT2D eigenvalue weighted by atomic mass is 10.1. The van der Waals surface area contributed by atoms with E-state index in [0.717, 1.165) is 5.75 Å². The number of halogens is 2. The number of thioether (sulfide) groups is 1. The van der Waals surface area contributed by atoms with E-state index >= 15 is 0 Å². The van der Waals surface area contributed by atoms with Crippen molar-refractivity contribution in [3.8, 4) is 0 Å². The number of sulfonamides is 2. The Hall–Kier alpha value is -2.80. The highest BCUT2D eigenvalue weighted by Crippen LogP contribution is 2.36. The predicted molar refractivity (Wildman–Crippen MR) is 168 cm³/mol. The van der Waals surface area contributed by atoms with Gasteiger partial charge in [0, 0.05) is 44.0 Å². The first-order valence-corrected chi connectivity index (χ1v) is 17.7. The molecule has 0 radical (unpaired) electrons. The minimum atomic E-state index is -4.70. The SMILES string of the molecule is O=C(C1=CCSC=C1)N1CCN(Cc2cccc(N(S(=O)(=O)c3ccccc3Cl)S(=O)(=O)c3ccccc3Cl)c2)CC1. The van der Waals surface area contributed by atoms with Crippen molar-refractivity contribution < 1.29 is 21.6 Å². The van der Waals surface area contributed by atoms with Gasteiger partial charge >= 0.3 is 0 Å². The van der Waals surface area contributed by atoms with Gasteiger partial charge in [-0.25, -0.2) is 0 Å². The zero-order valence-electron chi connectivity index (χ0n) is 22.3. The van der Waals surface area contributed by atoms with Crippen LogP contribution in [0.2, 0.25) is 10.0 Å². The second-order valence-electron chi connectivity index (χ2n) is 9.60. The van der Waals surface area contributed by atoms with Crippen LogP contribution in [-0.4, -0.2) is 64.5 Å². The minimum absolute atomic E-state index is 0.0124. The number of amides is 1. The number of rotatable bonds is 8. The fourth-order valence-electron chi connectivity index (χ4n) is 4.75. The molecule has 0 spiro atoms. The van der Waals surface area contributed by atoms with Gasteiger partial charge in [-0.05, 0) is 53.4 Å². The van der Waals surface area contributed by atoms with Crippen LogP contribution in [0.25, 0.3) is 0 Å². The first-order valence-electron chi connectivity index (χ1n) is 13.0. The summed E-state index contributed by atoms with van der Waals surface area (Å²) in [7, 11) is -9.40. The van der Waals surface area contributed by atoms with Gasteiger partial charge in [0.1, 0.15) is 9.79 Å². The van der Waals surface area contributed by atoms with Crippen LogP contribution in [0.1, 0.15) is 5.56 Å². The number of carbonyl (C=O) groups is 1. The third kappa shape index (κ3) is 6.41. The molecule has 1 amide bonds. The summed E-state index contributed by atoms with van der Waals surface area (Å²) in [6.07, 6.45) is 3.78. The van der Waals surface area contributed by atoms with Crippen molar-refractivity contribution in [2.45, 2.75) is 16.3 Å². The largest absolute Gasteiger partial charge is 0.336 e. The molecule has 0 N–H and O–H groups in total. The summed E-state index contributed by atoms with van der Waals surface area (Å²) in [5.41, 5.74) is 1.33. The normalized spacial score (nSPS) is 16.2. The number of nitrogens with zero attached hydrogens (tertiary/aromatic N) is 3. The zero-order chi connectivity index (χ0) is 29.9. The van der Waals surface area contributed by atoms with Crippen LogP contribution < -0.4 is 3.71 Å². The molecule has 0 aliphatic carbocycles. The standard InChI is InChI=1S/C29H27Cl2N3O5S3/c30-25-8-1-3-10-27(25)41(36,37)34(42(38,39)28-11-4-2-9-26(28)31)24-7-5-6-22(20-24)21-32-14-16-33(17-15-32)29(35)23-12-18-40-19-13-23/h1-13,18,20H,14-17,19,21H2. The Kier molecular flexibility index (Phi) is 9.36. The smallest absolute Gasteiger partial charge is 0.279 e. The third-order valence-electron chi connectivity index (χ3n) is 6.84. The highest BCUT2D eigenvalue weighted by atomic mass is 35.5. The molecule has 0 aromatic heterocycles. The molecule has 1 fully saturated rings. The number of anilines is 1. The molecule has 13 heteroatoms. The van der Waals surface area contributed by atoms with Crippen molar-refractivity contribution in [3.05, 3.63) is 112 Å². The monoisotopic (exact) mass is 663 g/mol. The lowest BCUT2D eigenvalue weighted by Gasteiger charge is -2.35. The van der Waals surface area contributed by atoms with Crippen LogP contribution in [-0.2, 0) is 31.4 Å². The van der Waals surface area contributed by atoms with E-state index < -0.39 is 20.0 Å². The summed E-state index contributed by atoms with van der Waals surface area (Å²) in [5, 5.41) is 1.70. The van der Waals surface area contributed by atoms with E-state index in [1.807, 2.05) is 22.5 Å². The molecule has 0 atom stereocenters. The molecule has 3 aromatic carbocycles. The summed E-state index contributed by atoms with van der Waals surface area (Å²) < 4.78 is 56.3. The highest BCUT2D eigenvalue weighted by Gasteiger charge is 2.39. The molecular weight excluding hydrogens is 637 g/mol. The van der Waals surface area contributed by atoms with Crippen LogP contribution in [0.4, 0.5) is 5.69 Å². The molecule has 5 rings (SSSR count). The van der Waals surface area contributed by atoms with Gasteiger partial charge in [0.15, 0.2) is 0 Å². The molecule has 2 heterocycles. The van der Waals surface area contributed by atoms with Gasteiger partial charge < -0.3 is 4.90 Å². The Bertz CT molecular complexity index is 1690. The van der Waals surface area contributed by atoms with Gasteiger partial charge in [-0.3, -0.25) is 9.69 Å². The van der Waals surface area contributed by atoms with Crippen molar-refractivity contribution in [2.24, 2.45) is 0 Å². The summed E-state index contributed by atoms with van der Waals surface area (Å²) in [5.74, 6) is 0.793. The average molecular weight is 665 g/mol. The maximum Gasteiger partial charge on any atom is 0.279 e. The van der Waals surface area contributed by atoms with E-state index in [9.17, 15) is 21.6 Å². The van der Waals surface area contributed by atoms with Crippen molar-refractivity contribution in [3.63, 3.8) is 0 Å². The van der Waals surface area contributed by atoms with Crippen molar-refractivity contribution in [2.75, 3.05) is 35.6 Å². The number of hydrogen-bond acceptors (Lipinski definition) is 7. The van der Waals surface area contributed by atoms with E-state index in [0.29, 0.717) is 47.6 Å². The van der Waals surface area contributed by atoms with Crippen LogP contribution in [0, 0.1) is 0 Å². The second-order valence-corrected chi connectivity index (χ2v) is 15.1. The quantitative estimate of drug-likeness (QED) is 0.318. The van der Waals surface area contributed by atoms with E-state index in [4.69, 9.17) is 23.2 Å². The number of piperazine rings is 1. The van der Waals surface area contributed by atoms with E-state index in [1.165, 1.54) is 48.5 Å². The molecule has 1 saturated heterocycles. The molecule has 0 saturated carbocycles. The van der Waals surface area contributed by atoms with Gasteiger partial charge in [0.05, 0.1) is 15.7 Å². The van der Waals surface area contributed by atoms with Gasteiger partial charge in [-0.2, -0.15) is 20.5 Å². The minimum Gasteiger partial charge on any atom is -0.336 e. The maximum atomic E-state index is 14.0. The molecule has 2 aliphatic rings. The molecule has 2 aliphatic heterocycles. The maximum absolute atomic E-state index is 14.0. The van der Waals surface area contributed by atoms with E-state index in [1.54, 1.807) is 36.0 Å². The fraction of sp³-hybridized carbons (Fsp3) is 0.207. The number of hydrogen-bond donors (Lipinski definition) is 0. The summed E-state index contributed by atoms with van der Waals surface area (Å²) in [6, 6.07) is 17.7. The Morgan fingerprint density at radius 2 is 1.40 bits per heavy atom. The number of carbonyl (C=O) groups excluding carboxylic acids is 1. The van der Waals surface area contributed by atoms with Gasteiger partial charge in [0.2, 0.25) is 0 Å². The fourth-order valence-corrected chi connectivity index (χ4v) is 10.0. The van der Waals surface area contributed by atoms with Gasteiger partial charge in [-0.15, -0.1) is 11.8 Å². The molecule has 42 heavy (non-hydrogen) atoms. The Morgan fingerprint density at radius 3 is 1.95 bits per heavy atom. The Morgan fingerprint density at radius 1 is 0.810 bits per heavy atom. The first-order chi connectivity index (χ1) is 20.1. The topological polar surface area (TPSA) is 95.1 Å². The summed E-state index contributed by atoms with van der Waals surface area (Å²) in [6.45, 7) is 2.75. The zero-order valence-corrected chi connectivity index (χ0v) is 26.2. The average Bonchev–Trinajstić information content (AvgIpc) is 2.98. The van der Waals surface area contributed by atoms with Gasteiger partial charge in [-0.1, -0.05) is 65.7 Å². The molecule has 0 unspecified atom stereocenters. The molecule has 220 valence electrons. The summed E-state index contributed by atoms with van der Waals surface area (Å²) in [4.78, 5) is 16.1. The first kappa shape index (κ1) is 30.7. The number of benzene rings is 3. The predicted octanol–water partition coefficient (Wildman–Crippen LogP) is 5.41. The summed E-state index contributed by atoms with van der Waals surface area (Å²) >= 11 is 14.1. The van der Waals surface area contributed by atoms with Crippen molar-refractivity contribution in [1.82, 2.24) is 9.80 Å².